The molecular formula is C10H16BrNO2. The Balaban J connectivity index is 2.51. The molecule has 0 amide bonds. The Morgan fingerprint density at radius 3 is 2.79 bits per heavy atom. The zero-order valence-electron chi connectivity index (χ0n) is 8.50. The van der Waals surface area contributed by atoms with Crippen LogP contribution in [0.2, 0.25) is 0 Å². The molecule has 0 aliphatic heterocycles. The number of hydrogen-bond donors (Lipinski definition) is 1. The van der Waals surface area contributed by atoms with E-state index in [-0.39, 0.29) is 6.04 Å². The fourth-order valence-corrected chi connectivity index (χ4v) is 1.59. The zero-order valence-corrected chi connectivity index (χ0v) is 10.1. The molecule has 2 N–H and O–H groups in total. The van der Waals surface area contributed by atoms with Crippen LogP contribution in [0.15, 0.2) is 21.2 Å². The number of nitrogens with two attached hydrogens (primary N) is 1. The van der Waals surface area contributed by atoms with Crippen LogP contribution >= 0.6 is 15.9 Å². The van der Waals surface area contributed by atoms with Gasteiger partial charge in [-0.2, -0.15) is 0 Å². The molecule has 0 aliphatic carbocycles. The molecule has 2 unspecified atom stereocenters. The van der Waals surface area contributed by atoms with E-state index in [9.17, 15) is 0 Å². The number of methoxy groups -OCH3 is 1. The molecule has 0 spiro atoms. The van der Waals surface area contributed by atoms with Gasteiger partial charge in [-0.25, -0.2) is 0 Å². The molecule has 0 aromatic carbocycles. The third-order valence-electron chi connectivity index (χ3n) is 2.31. The van der Waals surface area contributed by atoms with E-state index in [1.54, 1.807) is 7.11 Å². The van der Waals surface area contributed by atoms with E-state index >= 15 is 0 Å². The monoisotopic (exact) mass is 261 g/mol. The summed E-state index contributed by atoms with van der Waals surface area (Å²) in [7, 11) is 1.70. The van der Waals surface area contributed by atoms with Crippen molar-refractivity contribution in [2.45, 2.75) is 19.4 Å². The van der Waals surface area contributed by atoms with E-state index in [4.69, 9.17) is 14.9 Å². The number of rotatable bonds is 5. The van der Waals surface area contributed by atoms with E-state index in [1.807, 2.05) is 12.1 Å². The quantitative estimate of drug-likeness (QED) is 0.887. The fourth-order valence-electron chi connectivity index (χ4n) is 1.27. The van der Waals surface area contributed by atoms with Gasteiger partial charge in [-0.1, -0.05) is 6.92 Å². The number of hydrogen-bond acceptors (Lipinski definition) is 3. The molecule has 0 bridgehead atoms. The van der Waals surface area contributed by atoms with Crippen LogP contribution in [0.4, 0.5) is 0 Å². The maximum absolute atomic E-state index is 6.02. The van der Waals surface area contributed by atoms with Crippen LogP contribution in [0.1, 0.15) is 25.1 Å². The number of ether oxygens (including phenoxy) is 1. The molecule has 1 aromatic rings. The summed E-state index contributed by atoms with van der Waals surface area (Å²) in [5.41, 5.74) is 6.02. The maximum atomic E-state index is 6.02. The van der Waals surface area contributed by atoms with Gasteiger partial charge < -0.3 is 14.9 Å². The Morgan fingerprint density at radius 2 is 2.29 bits per heavy atom. The van der Waals surface area contributed by atoms with E-state index in [1.165, 1.54) is 0 Å². The summed E-state index contributed by atoms with van der Waals surface area (Å²) in [5, 5.41) is 0. The van der Waals surface area contributed by atoms with Crippen molar-refractivity contribution >= 4 is 15.9 Å². The summed E-state index contributed by atoms with van der Waals surface area (Å²) in [6.07, 6.45) is 0.940. The lowest BCUT2D eigenvalue weighted by Crippen LogP contribution is -2.19. The predicted octanol–water partition coefficient (Wildman–Crippen LogP) is 2.71. The van der Waals surface area contributed by atoms with E-state index < -0.39 is 0 Å². The highest BCUT2D eigenvalue weighted by molar-refractivity contribution is 9.10. The first-order valence-electron chi connectivity index (χ1n) is 4.65. The molecule has 0 radical (unpaired) electrons. The van der Waals surface area contributed by atoms with Crippen molar-refractivity contribution in [1.29, 1.82) is 0 Å². The first-order valence-corrected chi connectivity index (χ1v) is 5.44. The Morgan fingerprint density at radius 1 is 1.57 bits per heavy atom. The van der Waals surface area contributed by atoms with Crippen LogP contribution in [-0.4, -0.2) is 13.7 Å². The van der Waals surface area contributed by atoms with Gasteiger partial charge in [0.05, 0.1) is 6.04 Å². The van der Waals surface area contributed by atoms with Crippen molar-refractivity contribution in [3.05, 3.63) is 22.6 Å². The van der Waals surface area contributed by atoms with Gasteiger partial charge in [0, 0.05) is 13.7 Å². The summed E-state index contributed by atoms with van der Waals surface area (Å²) < 4.78 is 11.1. The molecule has 0 fully saturated rings. The minimum Gasteiger partial charge on any atom is -0.453 e. The van der Waals surface area contributed by atoms with Gasteiger partial charge in [-0.15, -0.1) is 0 Å². The van der Waals surface area contributed by atoms with Crippen molar-refractivity contribution in [3.63, 3.8) is 0 Å². The van der Waals surface area contributed by atoms with Gasteiger partial charge >= 0.3 is 0 Å². The highest BCUT2D eigenvalue weighted by Crippen LogP contribution is 2.25. The van der Waals surface area contributed by atoms with Crippen LogP contribution in [0.3, 0.4) is 0 Å². The van der Waals surface area contributed by atoms with Gasteiger partial charge in [-0.3, -0.25) is 0 Å². The highest BCUT2D eigenvalue weighted by Gasteiger charge is 2.17. The molecule has 4 heteroatoms. The Bertz CT molecular complexity index is 275. The third-order valence-corrected chi connectivity index (χ3v) is 2.74. The number of furan rings is 1. The summed E-state index contributed by atoms with van der Waals surface area (Å²) in [6.45, 7) is 2.83. The minimum absolute atomic E-state index is 0.0588. The standard InChI is InChI=1S/C10H16BrNO2/c1-7(5-6-13-2)10(12)8-3-4-9(11)14-8/h3-4,7,10H,5-6,12H2,1-2H3. The fraction of sp³-hybridized carbons (Fsp3) is 0.600. The first kappa shape index (κ1) is 11.8. The van der Waals surface area contributed by atoms with Crippen molar-refractivity contribution in [3.8, 4) is 0 Å². The van der Waals surface area contributed by atoms with Crippen LogP contribution in [0, 0.1) is 5.92 Å². The molecule has 14 heavy (non-hydrogen) atoms. The van der Waals surface area contributed by atoms with Gasteiger partial charge in [0.1, 0.15) is 5.76 Å². The molecule has 0 saturated heterocycles. The summed E-state index contributed by atoms with van der Waals surface area (Å²) >= 11 is 3.26. The molecule has 1 heterocycles. The summed E-state index contributed by atoms with van der Waals surface area (Å²) in [5.74, 6) is 1.17. The Hall–Kier alpha value is -0.320. The SMILES string of the molecule is COCCC(C)C(N)c1ccc(Br)o1. The Kier molecular flexibility index (Phi) is 4.65. The molecule has 3 nitrogen and oxygen atoms in total. The average molecular weight is 262 g/mol. The normalized spacial score (nSPS) is 15.4. The minimum atomic E-state index is -0.0588. The van der Waals surface area contributed by atoms with Crippen molar-refractivity contribution in [2.75, 3.05) is 13.7 Å². The smallest absolute Gasteiger partial charge is 0.169 e. The second-order valence-corrected chi connectivity index (χ2v) is 4.21. The van der Waals surface area contributed by atoms with Gasteiger partial charge in [-0.05, 0) is 40.4 Å². The largest absolute Gasteiger partial charge is 0.453 e. The van der Waals surface area contributed by atoms with E-state index in [0.29, 0.717) is 5.92 Å². The maximum Gasteiger partial charge on any atom is 0.169 e. The first-order chi connectivity index (χ1) is 6.65. The van der Waals surface area contributed by atoms with Gasteiger partial charge in [0.25, 0.3) is 0 Å². The van der Waals surface area contributed by atoms with E-state index in [0.717, 1.165) is 23.5 Å². The van der Waals surface area contributed by atoms with Crippen molar-refractivity contribution in [1.82, 2.24) is 0 Å². The topological polar surface area (TPSA) is 48.4 Å². The second-order valence-electron chi connectivity index (χ2n) is 3.43. The van der Waals surface area contributed by atoms with Crippen LogP contribution < -0.4 is 5.73 Å². The highest BCUT2D eigenvalue weighted by atomic mass is 79.9. The molecular weight excluding hydrogens is 246 g/mol. The molecule has 0 saturated carbocycles. The van der Waals surface area contributed by atoms with Crippen LogP contribution in [-0.2, 0) is 4.74 Å². The third kappa shape index (κ3) is 3.12. The second kappa shape index (κ2) is 5.53. The lowest BCUT2D eigenvalue weighted by molar-refractivity contribution is 0.172. The van der Waals surface area contributed by atoms with Crippen LogP contribution in [0.5, 0.6) is 0 Å². The molecule has 2 atom stereocenters. The van der Waals surface area contributed by atoms with Crippen LogP contribution in [0.25, 0.3) is 0 Å². The molecule has 0 aliphatic rings. The lowest BCUT2D eigenvalue weighted by atomic mass is 9.97. The van der Waals surface area contributed by atoms with E-state index in [2.05, 4.69) is 22.9 Å². The zero-order chi connectivity index (χ0) is 10.6. The molecule has 1 aromatic heterocycles. The average Bonchev–Trinajstić information content (AvgIpc) is 2.60. The Labute approximate surface area is 92.7 Å². The summed E-state index contributed by atoms with van der Waals surface area (Å²) in [4.78, 5) is 0. The van der Waals surface area contributed by atoms with Crippen molar-refractivity contribution in [2.24, 2.45) is 11.7 Å². The molecule has 80 valence electrons. The number of halogens is 1. The summed E-state index contributed by atoms with van der Waals surface area (Å²) in [6, 6.07) is 3.70. The van der Waals surface area contributed by atoms with Crippen molar-refractivity contribution < 1.29 is 9.15 Å². The van der Waals surface area contributed by atoms with Gasteiger partial charge in [0.15, 0.2) is 4.67 Å². The predicted molar refractivity (Wildman–Crippen MR) is 59.0 cm³/mol. The lowest BCUT2D eigenvalue weighted by Gasteiger charge is -2.17. The van der Waals surface area contributed by atoms with Gasteiger partial charge in [0.2, 0.25) is 0 Å². The molecule has 1 rings (SSSR count).